The van der Waals surface area contributed by atoms with Crippen LogP contribution >= 0.6 is 0 Å². The Morgan fingerprint density at radius 2 is 1.92 bits per heavy atom. The van der Waals surface area contributed by atoms with Gasteiger partial charge in [0.15, 0.2) is 0 Å². The van der Waals surface area contributed by atoms with Gasteiger partial charge in [0, 0.05) is 6.54 Å². The number of hydrogen-bond acceptors (Lipinski definition) is 3. The number of alkyl carbamates (subject to hydrolysis) is 1. The molecule has 0 bridgehead atoms. The average molecular weight is 329 g/mol. The fourth-order valence-corrected chi connectivity index (χ4v) is 2.68. The fourth-order valence-electron chi connectivity index (χ4n) is 2.68. The van der Waals surface area contributed by atoms with Crippen LogP contribution in [0.25, 0.3) is 5.57 Å². The molecule has 5 heteroatoms. The second-order valence-electron chi connectivity index (χ2n) is 6.82. The number of carboxylic acids is 1. The van der Waals surface area contributed by atoms with Gasteiger partial charge in [0.2, 0.25) is 0 Å². The molecule has 1 aliphatic rings. The first-order valence-corrected chi connectivity index (χ1v) is 7.88. The maximum atomic E-state index is 12.1. The predicted octanol–water partition coefficient (Wildman–Crippen LogP) is 3.63. The van der Waals surface area contributed by atoms with Crippen molar-refractivity contribution in [3.8, 4) is 0 Å². The third-order valence-electron chi connectivity index (χ3n) is 3.81. The Labute approximate surface area is 142 Å². The van der Waals surface area contributed by atoms with Gasteiger partial charge in [0.25, 0.3) is 0 Å². The quantitative estimate of drug-likeness (QED) is 0.884. The minimum atomic E-state index is -1.22. The number of allylic oxidation sites excluding steroid dienone is 3. The Morgan fingerprint density at radius 1 is 1.25 bits per heavy atom. The molecule has 1 aromatic rings. The monoisotopic (exact) mass is 329 g/mol. The molecule has 5 nitrogen and oxygen atoms in total. The number of ether oxygens (including phenoxy) is 1. The third kappa shape index (κ3) is 4.04. The van der Waals surface area contributed by atoms with Crippen molar-refractivity contribution >= 4 is 17.6 Å². The van der Waals surface area contributed by atoms with E-state index in [2.05, 4.69) is 5.32 Å². The summed E-state index contributed by atoms with van der Waals surface area (Å²) in [4.78, 5) is 24.0. The lowest BCUT2D eigenvalue weighted by Gasteiger charge is -2.33. The summed E-state index contributed by atoms with van der Waals surface area (Å²) in [6, 6.07) is 9.35. The van der Waals surface area contributed by atoms with Crippen LogP contribution in [0.5, 0.6) is 0 Å². The van der Waals surface area contributed by atoms with Gasteiger partial charge < -0.3 is 15.2 Å². The fraction of sp³-hybridized carbons (Fsp3) is 0.368. The van der Waals surface area contributed by atoms with Crippen molar-refractivity contribution in [3.63, 3.8) is 0 Å². The van der Waals surface area contributed by atoms with Crippen LogP contribution in [0.3, 0.4) is 0 Å². The smallest absolute Gasteiger partial charge is 0.407 e. The zero-order chi connectivity index (χ0) is 17.8. The molecule has 1 amide bonds. The number of hydrogen-bond donors (Lipinski definition) is 2. The Bertz CT molecular complexity index is 670. The number of rotatable bonds is 4. The molecule has 24 heavy (non-hydrogen) atoms. The number of nitrogens with one attached hydrogen (secondary N) is 1. The summed E-state index contributed by atoms with van der Waals surface area (Å²) in [7, 11) is 0. The lowest BCUT2D eigenvalue weighted by molar-refractivity contribution is -0.145. The first kappa shape index (κ1) is 17.8. The summed E-state index contributed by atoms with van der Waals surface area (Å²) in [6.07, 6.45) is 5.13. The molecule has 2 N–H and O–H groups in total. The molecule has 1 aromatic carbocycles. The van der Waals surface area contributed by atoms with Crippen molar-refractivity contribution in [1.29, 1.82) is 0 Å². The van der Waals surface area contributed by atoms with Gasteiger partial charge in [-0.15, -0.1) is 0 Å². The van der Waals surface area contributed by atoms with Crippen LogP contribution in [-0.4, -0.2) is 29.3 Å². The van der Waals surface area contributed by atoms with Crippen molar-refractivity contribution in [2.75, 3.05) is 6.54 Å². The summed E-state index contributed by atoms with van der Waals surface area (Å²) < 4.78 is 5.21. The van der Waals surface area contributed by atoms with Crippen LogP contribution in [-0.2, 0) is 9.53 Å². The Kier molecular flexibility index (Phi) is 5.12. The first-order valence-electron chi connectivity index (χ1n) is 7.88. The van der Waals surface area contributed by atoms with Gasteiger partial charge in [0.1, 0.15) is 11.0 Å². The number of benzene rings is 1. The minimum Gasteiger partial charge on any atom is -0.481 e. The highest BCUT2D eigenvalue weighted by atomic mass is 16.6. The van der Waals surface area contributed by atoms with Gasteiger partial charge in [-0.1, -0.05) is 48.6 Å². The van der Waals surface area contributed by atoms with E-state index in [1.807, 2.05) is 36.4 Å². The summed E-state index contributed by atoms with van der Waals surface area (Å²) in [5, 5.41) is 12.5. The summed E-state index contributed by atoms with van der Waals surface area (Å²) in [5.74, 6) is -0.974. The second-order valence-corrected chi connectivity index (χ2v) is 6.82. The van der Waals surface area contributed by atoms with Crippen molar-refractivity contribution in [3.05, 3.63) is 54.1 Å². The number of carbonyl (C=O) groups is 2. The highest BCUT2D eigenvalue weighted by Crippen LogP contribution is 2.41. The molecular formula is C19H23NO4. The van der Waals surface area contributed by atoms with E-state index >= 15 is 0 Å². The largest absolute Gasteiger partial charge is 0.481 e. The van der Waals surface area contributed by atoms with Crippen LogP contribution in [0.1, 0.15) is 32.8 Å². The van der Waals surface area contributed by atoms with Crippen LogP contribution in [0, 0.1) is 5.41 Å². The molecule has 1 atom stereocenters. The maximum Gasteiger partial charge on any atom is 0.407 e. The number of carbonyl (C=O) groups excluding carboxylic acids is 1. The van der Waals surface area contributed by atoms with Crippen molar-refractivity contribution < 1.29 is 19.4 Å². The van der Waals surface area contributed by atoms with Gasteiger partial charge in [0.05, 0.1) is 0 Å². The standard InChI is InChI=1S/C19H23NO4/c1-18(2,3)24-17(23)20-13-19(16(21)22)12-8-7-11-15(19)14-9-5-4-6-10-14/h4-11H,12-13H2,1-3H3,(H,20,23)(H,21,22). The predicted molar refractivity (Wildman–Crippen MR) is 92.5 cm³/mol. The lowest BCUT2D eigenvalue weighted by Crippen LogP contribution is -2.45. The molecule has 0 aliphatic heterocycles. The maximum absolute atomic E-state index is 12.1. The molecule has 1 unspecified atom stereocenters. The topological polar surface area (TPSA) is 75.6 Å². The van der Waals surface area contributed by atoms with E-state index in [4.69, 9.17) is 4.74 Å². The van der Waals surface area contributed by atoms with E-state index in [-0.39, 0.29) is 6.54 Å². The SMILES string of the molecule is CC(C)(C)OC(=O)NCC1(C(=O)O)CC=CC=C1c1ccccc1. The van der Waals surface area contributed by atoms with Crippen LogP contribution in [0.2, 0.25) is 0 Å². The van der Waals surface area contributed by atoms with Gasteiger partial charge >= 0.3 is 12.1 Å². The molecule has 2 rings (SSSR count). The van der Waals surface area contributed by atoms with Crippen LogP contribution in [0.15, 0.2) is 48.6 Å². The first-order chi connectivity index (χ1) is 11.2. The molecule has 128 valence electrons. The lowest BCUT2D eigenvalue weighted by atomic mass is 9.72. The highest BCUT2D eigenvalue weighted by molar-refractivity contribution is 5.94. The van der Waals surface area contributed by atoms with E-state index < -0.39 is 23.1 Å². The van der Waals surface area contributed by atoms with Crippen LogP contribution in [0.4, 0.5) is 4.79 Å². The van der Waals surface area contributed by atoms with Gasteiger partial charge in [-0.2, -0.15) is 0 Å². The molecule has 0 saturated heterocycles. The molecule has 0 radical (unpaired) electrons. The molecular weight excluding hydrogens is 306 g/mol. The van der Waals surface area contributed by atoms with Gasteiger partial charge in [-0.3, -0.25) is 4.79 Å². The second kappa shape index (κ2) is 6.91. The number of amides is 1. The summed E-state index contributed by atoms with van der Waals surface area (Å²) in [5.41, 5.74) is -0.345. The van der Waals surface area contributed by atoms with E-state index in [9.17, 15) is 14.7 Å². The normalized spacial score (nSPS) is 20.2. The number of carboxylic acid groups (broad SMARTS) is 1. The van der Waals surface area contributed by atoms with E-state index in [0.29, 0.717) is 12.0 Å². The molecule has 0 saturated carbocycles. The molecule has 0 heterocycles. The third-order valence-corrected chi connectivity index (χ3v) is 3.81. The van der Waals surface area contributed by atoms with Crippen molar-refractivity contribution in [2.45, 2.75) is 32.8 Å². The zero-order valence-corrected chi connectivity index (χ0v) is 14.2. The van der Waals surface area contributed by atoms with Crippen molar-refractivity contribution in [1.82, 2.24) is 5.32 Å². The molecule has 0 aromatic heterocycles. The Morgan fingerprint density at radius 3 is 2.50 bits per heavy atom. The average Bonchev–Trinajstić information content (AvgIpc) is 2.52. The van der Waals surface area contributed by atoms with Crippen LogP contribution < -0.4 is 5.32 Å². The summed E-state index contributed by atoms with van der Waals surface area (Å²) in [6.45, 7) is 5.25. The van der Waals surface area contributed by atoms with E-state index in [1.54, 1.807) is 32.9 Å². The van der Waals surface area contributed by atoms with E-state index in [0.717, 1.165) is 5.56 Å². The van der Waals surface area contributed by atoms with Gasteiger partial charge in [-0.05, 0) is 38.3 Å². The molecule has 1 aliphatic carbocycles. The van der Waals surface area contributed by atoms with Crippen molar-refractivity contribution in [2.24, 2.45) is 5.41 Å². The zero-order valence-electron chi connectivity index (χ0n) is 14.2. The molecule has 0 fully saturated rings. The van der Waals surface area contributed by atoms with Gasteiger partial charge in [-0.25, -0.2) is 4.79 Å². The Balaban J connectivity index is 2.26. The highest BCUT2D eigenvalue weighted by Gasteiger charge is 2.43. The minimum absolute atomic E-state index is 0.0394. The van der Waals surface area contributed by atoms with E-state index in [1.165, 1.54) is 0 Å². The Hall–Kier alpha value is -2.56. The molecule has 0 spiro atoms. The number of aliphatic carboxylic acids is 1. The summed E-state index contributed by atoms with van der Waals surface area (Å²) >= 11 is 0.